The highest BCUT2D eigenvalue weighted by Gasteiger charge is 2.20. The minimum Gasteiger partial charge on any atom is -0.436 e. The average Bonchev–Trinajstić information content (AvgIpc) is 4.04. The summed E-state index contributed by atoms with van der Waals surface area (Å²) in [6, 6.07) is 65.6. The first-order valence-electron chi connectivity index (χ1n) is 19.0. The average molecular weight is 734 g/mol. The number of nitrogens with zero attached hydrogens (tertiary/aromatic N) is 5. The van der Waals surface area contributed by atoms with Crippen LogP contribution in [0, 0.1) is 0 Å². The van der Waals surface area contributed by atoms with Crippen LogP contribution in [0.4, 0.5) is 17.1 Å². The molecule has 12 aromatic rings. The predicted molar refractivity (Wildman–Crippen MR) is 230 cm³/mol. The summed E-state index contributed by atoms with van der Waals surface area (Å²) in [6.45, 7) is 0. The van der Waals surface area contributed by atoms with Crippen molar-refractivity contribution in [3.8, 4) is 23.2 Å². The maximum Gasteiger partial charge on any atom is 0.307 e. The van der Waals surface area contributed by atoms with Crippen LogP contribution in [0.1, 0.15) is 0 Å². The predicted octanol–water partition coefficient (Wildman–Crippen LogP) is 13.3. The number of oxazole rings is 2. The molecule has 0 N–H and O–H groups in total. The van der Waals surface area contributed by atoms with Crippen LogP contribution >= 0.6 is 0 Å². The number of hydrogen-bond acceptors (Lipinski definition) is 5. The number of benzene rings is 8. The summed E-state index contributed by atoms with van der Waals surface area (Å²) in [5.74, 6) is 0.520. The van der Waals surface area contributed by atoms with Gasteiger partial charge in [-0.05, 0) is 91.0 Å². The lowest BCUT2D eigenvalue weighted by atomic mass is 10.1. The second-order valence-corrected chi connectivity index (χ2v) is 14.3. The van der Waals surface area contributed by atoms with E-state index in [-0.39, 0.29) is 0 Å². The zero-order chi connectivity index (χ0) is 37.5. The van der Waals surface area contributed by atoms with Crippen LogP contribution in [-0.2, 0) is 0 Å². The maximum absolute atomic E-state index is 6.54. The summed E-state index contributed by atoms with van der Waals surface area (Å²) >= 11 is 0. The van der Waals surface area contributed by atoms with E-state index in [0.717, 1.165) is 66.7 Å². The second kappa shape index (κ2) is 12.3. The molecule has 268 valence electrons. The third-order valence-corrected chi connectivity index (χ3v) is 11.0. The van der Waals surface area contributed by atoms with Crippen molar-refractivity contribution < 1.29 is 8.83 Å². The number of para-hydroxylation sites is 5. The van der Waals surface area contributed by atoms with Gasteiger partial charge in [-0.15, -0.1) is 0 Å². The minimum absolute atomic E-state index is 0.519. The van der Waals surface area contributed by atoms with E-state index in [9.17, 15) is 0 Å². The zero-order valence-electron chi connectivity index (χ0n) is 30.5. The van der Waals surface area contributed by atoms with E-state index in [2.05, 4.69) is 160 Å². The molecule has 0 saturated carbocycles. The van der Waals surface area contributed by atoms with Crippen LogP contribution in [-0.4, -0.2) is 19.1 Å². The van der Waals surface area contributed by atoms with Crippen molar-refractivity contribution in [3.05, 3.63) is 188 Å². The molecular formula is C50H31N5O2. The standard InChI is InChI=1S/C50H31N5O2/c1-3-13-33(14-4-1)53(35-25-27-46-40(30-35)39-19-9-10-20-43(39)54(46)34-15-5-2-6-16-34)36-24-26-41-48(31-36)56-49(51-41)32-23-28-47-42(29-32)52-50(57-47)55-44-21-11-7-17-37(44)38-18-8-12-22-45(38)55/h1-31H. The largest absolute Gasteiger partial charge is 0.436 e. The molecule has 0 amide bonds. The van der Waals surface area contributed by atoms with Crippen molar-refractivity contribution in [3.63, 3.8) is 0 Å². The minimum atomic E-state index is 0.519. The fourth-order valence-corrected chi connectivity index (χ4v) is 8.43. The van der Waals surface area contributed by atoms with Crippen molar-refractivity contribution in [2.75, 3.05) is 4.90 Å². The van der Waals surface area contributed by atoms with E-state index in [1.165, 1.54) is 16.3 Å². The summed E-state index contributed by atoms with van der Waals surface area (Å²) in [5, 5.41) is 4.70. The van der Waals surface area contributed by atoms with Gasteiger partial charge in [0.2, 0.25) is 5.89 Å². The first-order chi connectivity index (χ1) is 28.2. The molecule has 7 heteroatoms. The third-order valence-electron chi connectivity index (χ3n) is 11.0. The van der Waals surface area contributed by atoms with Crippen molar-refractivity contribution in [1.29, 1.82) is 0 Å². The number of aromatic nitrogens is 4. The van der Waals surface area contributed by atoms with Crippen molar-refractivity contribution in [2.45, 2.75) is 0 Å². The highest BCUT2D eigenvalue weighted by atomic mass is 16.4. The highest BCUT2D eigenvalue weighted by Crippen LogP contribution is 2.41. The molecule has 0 saturated heterocycles. The number of rotatable bonds is 6. The fraction of sp³-hybridized carbons (Fsp3) is 0. The summed E-state index contributed by atoms with van der Waals surface area (Å²) < 4.78 is 17.3. The van der Waals surface area contributed by atoms with Gasteiger partial charge in [0.15, 0.2) is 11.2 Å². The van der Waals surface area contributed by atoms with Gasteiger partial charge in [0, 0.05) is 55.9 Å². The van der Waals surface area contributed by atoms with Crippen LogP contribution in [0.25, 0.3) is 89.0 Å². The van der Waals surface area contributed by atoms with E-state index in [4.69, 9.17) is 18.8 Å². The maximum atomic E-state index is 6.54. The lowest BCUT2D eigenvalue weighted by molar-refractivity contribution is 0.574. The molecule has 4 aromatic heterocycles. The molecule has 8 aromatic carbocycles. The molecule has 4 heterocycles. The third kappa shape index (κ3) is 4.92. The van der Waals surface area contributed by atoms with Gasteiger partial charge in [-0.2, -0.15) is 4.98 Å². The Hall–Kier alpha value is -7.90. The molecule has 57 heavy (non-hydrogen) atoms. The fourth-order valence-electron chi connectivity index (χ4n) is 8.43. The van der Waals surface area contributed by atoms with Crippen molar-refractivity contribution in [2.24, 2.45) is 0 Å². The molecule has 0 aliphatic carbocycles. The second-order valence-electron chi connectivity index (χ2n) is 14.3. The Morgan fingerprint density at radius 3 is 1.72 bits per heavy atom. The van der Waals surface area contributed by atoms with E-state index in [1.807, 2.05) is 42.5 Å². The highest BCUT2D eigenvalue weighted by molar-refractivity contribution is 6.11. The van der Waals surface area contributed by atoms with Crippen LogP contribution in [0.5, 0.6) is 0 Å². The molecular weight excluding hydrogens is 703 g/mol. The molecule has 0 aliphatic heterocycles. The van der Waals surface area contributed by atoms with Gasteiger partial charge in [0.25, 0.3) is 0 Å². The molecule has 0 aliphatic rings. The summed E-state index contributed by atoms with van der Waals surface area (Å²) in [5.41, 5.74) is 12.3. The zero-order valence-corrected chi connectivity index (χ0v) is 30.5. The SMILES string of the molecule is c1ccc(N(c2ccc3nc(-c4ccc5oc(-n6c7ccccc7c7ccccc76)nc5c4)oc3c2)c2ccc3c(c2)c2ccccc2n3-c2ccccc2)cc1. The number of anilines is 3. The monoisotopic (exact) mass is 733 g/mol. The van der Waals surface area contributed by atoms with Gasteiger partial charge >= 0.3 is 6.01 Å². The van der Waals surface area contributed by atoms with E-state index < -0.39 is 0 Å². The Labute approximate surface area is 325 Å². The topological polar surface area (TPSA) is 65.2 Å². The van der Waals surface area contributed by atoms with Crippen molar-refractivity contribution >= 4 is 82.9 Å². The van der Waals surface area contributed by atoms with Gasteiger partial charge in [0.1, 0.15) is 11.0 Å². The van der Waals surface area contributed by atoms with E-state index in [1.54, 1.807) is 0 Å². The first kappa shape index (κ1) is 31.5. The lowest BCUT2D eigenvalue weighted by Gasteiger charge is -2.25. The van der Waals surface area contributed by atoms with Gasteiger partial charge in [-0.25, -0.2) is 4.98 Å². The van der Waals surface area contributed by atoms with Crippen LogP contribution < -0.4 is 4.90 Å². The lowest BCUT2D eigenvalue weighted by Crippen LogP contribution is -2.09. The van der Waals surface area contributed by atoms with Crippen LogP contribution in [0.3, 0.4) is 0 Å². The Morgan fingerprint density at radius 1 is 0.386 bits per heavy atom. The molecule has 0 fully saturated rings. The van der Waals surface area contributed by atoms with Gasteiger partial charge in [0.05, 0.1) is 22.1 Å². The molecule has 0 radical (unpaired) electrons. The molecule has 0 atom stereocenters. The summed E-state index contributed by atoms with van der Waals surface area (Å²) in [4.78, 5) is 12.2. The quantitative estimate of drug-likeness (QED) is 0.170. The smallest absolute Gasteiger partial charge is 0.307 e. The number of fused-ring (bicyclic) bond motifs is 8. The Bertz CT molecular complexity index is 3430. The number of hydrogen-bond donors (Lipinski definition) is 0. The molecule has 7 nitrogen and oxygen atoms in total. The van der Waals surface area contributed by atoms with E-state index >= 15 is 0 Å². The van der Waals surface area contributed by atoms with Gasteiger partial charge in [-0.3, -0.25) is 4.57 Å². The molecule has 12 rings (SSSR count). The summed E-state index contributed by atoms with van der Waals surface area (Å²) in [7, 11) is 0. The normalized spacial score (nSPS) is 11.9. The van der Waals surface area contributed by atoms with Crippen LogP contribution in [0.2, 0.25) is 0 Å². The Morgan fingerprint density at radius 2 is 0.982 bits per heavy atom. The summed E-state index contributed by atoms with van der Waals surface area (Å²) in [6.07, 6.45) is 0. The van der Waals surface area contributed by atoms with Gasteiger partial charge < -0.3 is 18.3 Å². The van der Waals surface area contributed by atoms with Crippen molar-refractivity contribution in [1.82, 2.24) is 19.1 Å². The van der Waals surface area contributed by atoms with Crippen LogP contribution in [0.15, 0.2) is 197 Å². The molecule has 0 bridgehead atoms. The Balaban J connectivity index is 0.950. The van der Waals surface area contributed by atoms with Gasteiger partial charge in [-0.1, -0.05) is 91.0 Å². The molecule has 0 unspecified atom stereocenters. The molecule has 0 spiro atoms. The Kier molecular flexibility index (Phi) is 6.79. The van der Waals surface area contributed by atoms with E-state index in [0.29, 0.717) is 23.1 Å². The first-order valence-corrected chi connectivity index (χ1v) is 19.0.